The Bertz CT molecular complexity index is 1700. The van der Waals surface area contributed by atoms with E-state index in [2.05, 4.69) is 5.32 Å². The molecule has 0 saturated heterocycles. The molecule has 0 heterocycles. The Morgan fingerprint density at radius 2 is 1.48 bits per heavy atom. The molecule has 12 heteroatoms. The molecule has 4 aromatic rings. The number of halogens is 3. The minimum absolute atomic E-state index is 0.0486. The zero-order chi connectivity index (χ0) is 31.9. The van der Waals surface area contributed by atoms with Crippen molar-refractivity contribution < 1.29 is 22.7 Å². The van der Waals surface area contributed by atoms with E-state index in [1.807, 2.05) is 30.3 Å². The van der Waals surface area contributed by atoms with E-state index in [9.17, 15) is 18.0 Å². The molecule has 0 spiro atoms. The molecular formula is C32H30Cl3N3O5S. The molecule has 8 nitrogen and oxygen atoms in total. The first-order valence-corrected chi connectivity index (χ1v) is 16.0. The molecule has 0 saturated carbocycles. The highest BCUT2D eigenvalue weighted by Gasteiger charge is 2.36. The van der Waals surface area contributed by atoms with Crippen LogP contribution in [0.15, 0.2) is 102 Å². The van der Waals surface area contributed by atoms with Crippen molar-refractivity contribution >= 4 is 62.3 Å². The fourth-order valence-corrected chi connectivity index (χ4v) is 6.79. The lowest BCUT2D eigenvalue weighted by molar-refractivity contribution is -0.139. The molecule has 1 N–H and O–H groups in total. The number of hydrogen-bond acceptors (Lipinski definition) is 5. The second-order valence-electron chi connectivity index (χ2n) is 9.68. The van der Waals surface area contributed by atoms with Gasteiger partial charge in [-0.15, -0.1) is 0 Å². The van der Waals surface area contributed by atoms with Gasteiger partial charge in [0.05, 0.1) is 17.7 Å². The maximum atomic E-state index is 14.4. The van der Waals surface area contributed by atoms with E-state index in [0.29, 0.717) is 5.56 Å². The number of sulfonamides is 1. The van der Waals surface area contributed by atoms with Crippen molar-refractivity contribution in [3.05, 3.63) is 123 Å². The van der Waals surface area contributed by atoms with Crippen LogP contribution in [0.1, 0.15) is 11.1 Å². The molecule has 230 valence electrons. The molecular weight excluding hydrogens is 645 g/mol. The highest BCUT2D eigenvalue weighted by atomic mass is 35.5. The van der Waals surface area contributed by atoms with Crippen LogP contribution in [-0.4, -0.2) is 51.9 Å². The number of methoxy groups -OCH3 is 1. The zero-order valence-electron chi connectivity index (χ0n) is 23.9. The Kier molecular flexibility index (Phi) is 11.2. The lowest BCUT2D eigenvalue weighted by Gasteiger charge is -2.34. The van der Waals surface area contributed by atoms with Crippen LogP contribution in [0, 0.1) is 0 Å². The fourth-order valence-electron chi connectivity index (χ4n) is 4.67. The summed E-state index contributed by atoms with van der Waals surface area (Å²) in [6, 6.07) is 25.2. The summed E-state index contributed by atoms with van der Waals surface area (Å²) in [5.74, 6) is -0.968. The van der Waals surface area contributed by atoms with Crippen LogP contribution in [-0.2, 0) is 32.6 Å². The van der Waals surface area contributed by atoms with Gasteiger partial charge < -0.3 is 15.0 Å². The highest BCUT2D eigenvalue weighted by molar-refractivity contribution is 7.92. The first-order chi connectivity index (χ1) is 21.1. The summed E-state index contributed by atoms with van der Waals surface area (Å²) in [5.41, 5.74) is 1.24. The maximum absolute atomic E-state index is 14.4. The number of ether oxygens (including phenoxy) is 1. The topological polar surface area (TPSA) is 96.0 Å². The van der Waals surface area contributed by atoms with E-state index in [-0.39, 0.29) is 44.4 Å². The normalized spacial score (nSPS) is 11.8. The molecule has 0 unspecified atom stereocenters. The molecule has 44 heavy (non-hydrogen) atoms. The van der Waals surface area contributed by atoms with Gasteiger partial charge in [-0.25, -0.2) is 8.42 Å². The number of rotatable bonds is 12. The van der Waals surface area contributed by atoms with Crippen LogP contribution >= 0.6 is 34.8 Å². The minimum atomic E-state index is -4.34. The van der Waals surface area contributed by atoms with Crippen molar-refractivity contribution in [2.45, 2.75) is 23.9 Å². The summed E-state index contributed by atoms with van der Waals surface area (Å²) in [5, 5.41) is 3.44. The second kappa shape index (κ2) is 14.8. The second-order valence-corrected chi connectivity index (χ2v) is 12.8. The number of carbonyl (C=O) groups is 2. The average Bonchev–Trinajstić information content (AvgIpc) is 3.03. The Morgan fingerprint density at radius 3 is 2.07 bits per heavy atom. The summed E-state index contributed by atoms with van der Waals surface area (Å²) >= 11 is 19.3. The largest absolute Gasteiger partial charge is 0.495 e. The summed E-state index contributed by atoms with van der Waals surface area (Å²) in [6.07, 6.45) is 0.139. The Labute approximate surface area is 272 Å². The van der Waals surface area contributed by atoms with E-state index >= 15 is 0 Å². The molecule has 0 aromatic heterocycles. The van der Waals surface area contributed by atoms with E-state index in [1.165, 1.54) is 43.3 Å². The SMILES string of the molecule is CNC(=O)[C@H](Cc1ccccc1)N(Cc1c(Cl)cccc1Cl)C(=O)CN(c1cc(Cl)ccc1OC)S(=O)(=O)c1ccccc1. The molecule has 4 rings (SSSR count). The number of nitrogens with zero attached hydrogens (tertiary/aromatic N) is 2. The van der Waals surface area contributed by atoms with Gasteiger partial charge in [0.15, 0.2) is 0 Å². The Balaban J connectivity index is 1.86. The molecule has 0 fully saturated rings. The van der Waals surface area contributed by atoms with Crippen LogP contribution < -0.4 is 14.4 Å². The summed E-state index contributed by atoms with van der Waals surface area (Å²) in [7, 11) is -1.49. The van der Waals surface area contributed by atoms with Crippen molar-refractivity contribution in [2.75, 3.05) is 25.0 Å². The van der Waals surface area contributed by atoms with Crippen LogP contribution in [0.5, 0.6) is 5.75 Å². The number of carbonyl (C=O) groups excluding carboxylic acids is 2. The van der Waals surface area contributed by atoms with Gasteiger partial charge >= 0.3 is 0 Å². The molecule has 0 bridgehead atoms. The average molecular weight is 675 g/mol. The van der Waals surface area contributed by atoms with Gasteiger partial charge in [-0.2, -0.15) is 0 Å². The van der Waals surface area contributed by atoms with E-state index in [0.717, 1.165) is 9.87 Å². The molecule has 2 amide bonds. The molecule has 4 aromatic carbocycles. The predicted molar refractivity (Wildman–Crippen MR) is 174 cm³/mol. The first kappa shape index (κ1) is 33.1. The third kappa shape index (κ3) is 7.65. The van der Waals surface area contributed by atoms with Gasteiger partial charge in [-0.3, -0.25) is 13.9 Å². The van der Waals surface area contributed by atoms with Gasteiger partial charge in [0.1, 0.15) is 18.3 Å². The van der Waals surface area contributed by atoms with Gasteiger partial charge in [0, 0.05) is 40.6 Å². The van der Waals surface area contributed by atoms with Crippen LogP contribution in [0.4, 0.5) is 5.69 Å². The minimum Gasteiger partial charge on any atom is -0.495 e. The van der Waals surface area contributed by atoms with Gasteiger partial charge in [-0.05, 0) is 48.0 Å². The maximum Gasteiger partial charge on any atom is 0.264 e. The monoisotopic (exact) mass is 673 g/mol. The number of likely N-dealkylation sites (N-methyl/N-ethyl adjacent to an activating group) is 1. The van der Waals surface area contributed by atoms with Gasteiger partial charge in [0.2, 0.25) is 11.8 Å². The third-order valence-electron chi connectivity index (χ3n) is 6.93. The fraction of sp³-hybridized carbons (Fsp3) is 0.188. The number of amides is 2. The standard InChI is InChI=1S/C32H30Cl3N3O5S/c1-36-32(40)29(18-22-10-5-3-6-11-22)37(20-25-26(34)14-9-15-27(25)35)31(39)21-38(28-19-23(33)16-17-30(28)43-2)44(41,42)24-12-7-4-8-13-24/h3-17,19,29H,18,20-21H2,1-2H3,(H,36,40)/t29-/m0/s1. The van der Waals surface area contributed by atoms with E-state index < -0.39 is 34.4 Å². The van der Waals surface area contributed by atoms with Gasteiger partial charge in [0.25, 0.3) is 10.0 Å². The zero-order valence-corrected chi connectivity index (χ0v) is 27.0. The number of hydrogen-bond donors (Lipinski definition) is 1. The Hall–Kier alpha value is -3.76. The van der Waals surface area contributed by atoms with Crippen LogP contribution in [0.2, 0.25) is 15.1 Å². The van der Waals surface area contributed by atoms with Crippen LogP contribution in [0.25, 0.3) is 0 Å². The molecule has 0 aliphatic rings. The lowest BCUT2D eigenvalue weighted by Crippen LogP contribution is -2.53. The van der Waals surface area contributed by atoms with Crippen molar-refractivity contribution in [2.24, 2.45) is 0 Å². The first-order valence-electron chi connectivity index (χ1n) is 13.5. The smallest absolute Gasteiger partial charge is 0.264 e. The number of anilines is 1. The van der Waals surface area contributed by atoms with Crippen molar-refractivity contribution in [3.8, 4) is 5.75 Å². The third-order valence-corrected chi connectivity index (χ3v) is 9.64. The van der Waals surface area contributed by atoms with Crippen molar-refractivity contribution in [1.82, 2.24) is 10.2 Å². The quantitative estimate of drug-likeness (QED) is 0.192. The number of nitrogens with one attached hydrogen (secondary N) is 1. The summed E-state index contributed by atoms with van der Waals surface area (Å²) in [6.45, 7) is -0.869. The molecule has 0 radical (unpaired) electrons. The molecule has 1 atom stereocenters. The van der Waals surface area contributed by atoms with Gasteiger partial charge in [-0.1, -0.05) is 89.4 Å². The predicted octanol–water partition coefficient (Wildman–Crippen LogP) is 6.24. The summed E-state index contributed by atoms with van der Waals surface area (Å²) in [4.78, 5) is 29.1. The van der Waals surface area contributed by atoms with Crippen molar-refractivity contribution in [3.63, 3.8) is 0 Å². The molecule has 0 aliphatic carbocycles. The molecule has 0 aliphatic heterocycles. The van der Waals surface area contributed by atoms with Crippen molar-refractivity contribution in [1.29, 1.82) is 0 Å². The Morgan fingerprint density at radius 1 is 0.864 bits per heavy atom. The summed E-state index contributed by atoms with van der Waals surface area (Å²) < 4.78 is 34.7. The highest BCUT2D eigenvalue weighted by Crippen LogP contribution is 2.35. The number of benzene rings is 4. The van der Waals surface area contributed by atoms with E-state index in [4.69, 9.17) is 39.5 Å². The lowest BCUT2D eigenvalue weighted by atomic mass is 10.0. The van der Waals surface area contributed by atoms with E-state index in [1.54, 1.807) is 42.5 Å². The van der Waals surface area contributed by atoms with Crippen LogP contribution in [0.3, 0.4) is 0 Å².